The smallest absolute Gasteiger partial charge is 0.366 e. The summed E-state index contributed by atoms with van der Waals surface area (Å²) >= 11 is 0. The van der Waals surface area contributed by atoms with E-state index < -0.39 is 23.5 Å². The summed E-state index contributed by atoms with van der Waals surface area (Å²) in [6, 6.07) is 2.26. The zero-order chi connectivity index (χ0) is 22.2. The molecule has 3 heterocycles. The van der Waals surface area contributed by atoms with E-state index in [2.05, 4.69) is 31.1 Å². The van der Waals surface area contributed by atoms with Crippen molar-refractivity contribution in [3.05, 3.63) is 35.9 Å². The second-order valence-electron chi connectivity index (χ2n) is 7.59. The van der Waals surface area contributed by atoms with Gasteiger partial charge in [0, 0.05) is 31.5 Å². The number of nitrogens with zero attached hydrogens (tertiary/aromatic N) is 5. The van der Waals surface area contributed by atoms with Gasteiger partial charge in [-0.3, -0.25) is 9.48 Å². The predicted molar refractivity (Wildman–Crippen MR) is 108 cm³/mol. The van der Waals surface area contributed by atoms with Crippen LogP contribution in [0.5, 0.6) is 0 Å². The van der Waals surface area contributed by atoms with Gasteiger partial charge in [0.05, 0.1) is 11.9 Å². The lowest BCUT2D eigenvalue weighted by molar-refractivity contribution is -0.140. The summed E-state index contributed by atoms with van der Waals surface area (Å²) in [5.41, 5.74) is -1.27. The van der Waals surface area contributed by atoms with Crippen molar-refractivity contribution in [3.63, 3.8) is 0 Å². The first kappa shape index (κ1) is 21.1. The van der Waals surface area contributed by atoms with Gasteiger partial charge in [-0.25, -0.2) is 9.50 Å². The second-order valence-corrected chi connectivity index (χ2v) is 7.59. The van der Waals surface area contributed by atoms with Crippen molar-refractivity contribution in [1.29, 1.82) is 0 Å². The zero-order valence-electron chi connectivity index (χ0n) is 17.1. The molecule has 2 atom stereocenters. The number of rotatable bonds is 5. The molecule has 31 heavy (non-hydrogen) atoms. The number of anilines is 2. The van der Waals surface area contributed by atoms with Crippen molar-refractivity contribution in [2.45, 2.75) is 43.9 Å². The molecule has 12 heteroatoms. The lowest BCUT2D eigenvalue weighted by Gasteiger charge is -2.32. The first-order chi connectivity index (χ1) is 14.8. The SMILES string of the molecule is CN[C@H]1CCCC[C@H]1Nc1ccn2ncc(C(=O)Nc3cn(C)nc3C(F)(F)F)c2n1. The van der Waals surface area contributed by atoms with Gasteiger partial charge in [0.2, 0.25) is 0 Å². The van der Waals surface area contributed by atoms with Crippen molar-refractivity contribution in [3.8, 4) is 0 Å². The van der Waals surface area contributed by atoms with Crippen LogP contribution in [0.15, 0.2) is 24.7 Å². The van der Waals surface area contributed by atoms with E-state index in [0.29, 0.717) is 11.9 Å². The van der Waals surface area contributed by atoms with E-state index in [0.717, 1.165) is 36.6 Å². The van der Waals surface area contributed by atoms with Crippen LogP contribution in [0.1, 0.15) is 41.7 Å². The van der Waals surface area contributed by atoms with Gasteiger partial charge in [0.15, 0.2) is 11.3 Å². The molecular weight excluding hydrogens is 413 g/mol. The number of aryl methyl sites for hydroxylation is 1. The van der Waals surface area contributed by atoms with Crippen LogP contribution >= 0.6 is 0 Å². The Labute approximate surface area is 176 Å². The van der Waals surface area contributed by atoms with Crippen LogP contribution in [0.4, 0.5) is 24.7 Å². The minimum absolute atomic E-state index is 0.0643. The van der Waals surface area contributed by atoms with E-state index in [1.54, 1.807) is 12.3 Å². The Balaban J connectivity index is 1.59. The molecule has 3 N–H and O–H groups in total. The number of fused-ring (bicyclic) bond motifs is 1. The summed E-state index contributed by atoms with van der Waals surface area (Å²) in [7, 11) is 3.28. The van der Waals surface area contributed by atoms with E-state index >= 15 is 0 Å². The molecule has 1 aliphatic rings. The van der Waals surface area contributed by atoms with Crippen LogP contribution in [-0.4, -0.2) is 49.4 Å². The summed E-state index contributed by atoms with van der Waals surface area (Å²) in [5, 5.41) is 16.5. The Morgan fingerprint density at radius 1 is 1.23 bits per heavy atom. The number of hydrogen-bond acceptors (Lipinski definition) is 6. The fourth-order valence-electron chi connectivity index (χ4n) is 3.93. The predicted octanol–water partition coefficient (Wildman–Crippen LogP) is 2.68. The number of alkyl halides is 3. The van der Waals surface area contributed by atoms with Crippen LogP contribution in [0.25, 0.3) is 5.65 Å². The lowest BCUT2D eigenvalue weighted by Crippen LogP contribution is -2.44. The van der Waals surface area contributed by atoms with Gasteiger partial charge in [0.25, 0.3) is 5.91 Å². The first-order valence-corrected chi connectivity index (χ1v) is 9.96. The van der Waals surface area contributed by atoms with Crippen LogP contribution in [0.2, 0.25) is 0 Å². The highest BCUT2D eigenvalue weighted by Crippen LogP contribution is 2.33. The Morgan fingerprint density at radius 2 is 1.97 bits per heavy atom. The number of carbonyl (C=O) groups is 1. The molecule has 0 aromatic carbocycles. The molecule has 0 saturated heterocycles. The molecule has 3 aromatic heterocycles. The lowest BCUT2D eigenvalue weighted by atomic mass is 9.90. The zero-order valence-corrected chi connectivity index (χ0v) is 17.1. The van der Waals surface area contributed by atoms with Gasteiger partial charge in [-0.1, -0.05) is 12.8 Å². The quantitative estimate of drug-likeness (QED) is 0.569. The van der Waals surface area contributed by atoms with Crippen molar-refractivity contribution < 1.29 is 18.0 Å². The van der Waals surface area contributed by atoms with Crippen LogP contribution in [-0.2, 0) is 13.2 Å². The van der Waals surface area contributed by atoms with Gasteiger partial charge < -0.3 is 16.0 Å². The number of aromatic nitrogens is 5. The van der Waals surface area contributed by atoms with E-state index in [1.807, 2.05) is 7.05 Å². The standard InChI is InChI=1S/C19H23F3N8O/c1-23-12-5-3-4-6-13(12)25-15-7-8-30-17(27-15)11(9-24-30)18(31)26-14-10-29(2)28-16(14)19(20,21)22/h7-10,12-13,23H,3-6H2,1-2H3,(H,25,27)(H,26,31)/t12-,13+/m0/s1. The normalized spacial score (nSPS) is 19.5. The summed E-state index contributed by atoms with van der Waals surface area (Å²) < 4.78 is 41.9. The number of amides is 1. The van der Waals surface area contributed by atoms with E-state index in [1.165, 1.54) is 17.8 Å². The molecule has 0 spiro atoms. The molecule has 1 aliphatic carbocycles. The summed E-state index contributed by atoms with van der Waals surface area (Å²) in [4.78, 5) is 17.2. The van der Waals surface area contributed by atoms with Gasteiger partial charge in [0.1, 0.15) is 11.4 Å². The van der Waals surface area contributed by atoms with Gasteiger partial charge in [-0.15, -0.1) is 0 Å². The minimum Gasteiger partial charge on any atom is -0.366 e. The second kappa shape index (κ2) is 8.17. The Hall–Kier alpha value is -3.15. The van der Waals surface area contributed by atoms with Crippen LogP contribution < -0.4 is 16.0 Å². The minimum atomic E-state index is -4.69. The van der Waals surface area contributed by atoms with Crippen molar-refractivity contribution in [2.24, 2.45) is 7.05 Å². The molecular formula is C19H23F3N8O. The summed E-state index contributed by atoms with van der Waals surface area (Å²) in [5.74, 6) is -0.171. The Kier molecular flexibility index (Phi) is 5.56. The molecule has 1 saturated carbocycles. The fourth-order valence-corrected chi connectivity index (χ4v) is 3.93. The number of likely N-dealkylation sites (N-methyl/N-ethyl adjacent to an activating group) is 1. The molecule has 3 aromatic rings. The van der Waals surface area contributed by atoms with E-state index in [-0.39, 0.29) is 17.3 Å². The van der Waals surface area contributed by atoms with Crippen molar-refractivity contribution in [2.75, 3.05) is 17.7 Å². The summed E-state index contributed by atoms with van der Waals surface area (Å²) in [6.45, 7) is 0. The third kappa shape index (κ3) is 4.33. The van der Waals surface area contributed by atoms with Crippen LogP contribution in [0, 0.1) is 0 Å². The van der Waals surface area contributed by atoms with Crippen molar-refractivity contribution in [1.82, 2.24) is 29.7 Å². The van der Waals surface area contributed by atoms with Crippen LogP contribution in [0.3, 0.4) is 0 Å². The maximum absolute atomic E-state index is 13.2. The third-order valence-corrected chi connectivity index (χ3v) is 5.43. The monoisotopic (exact) mass is 436 g/mol. The molecule has 1 amide bonds. The Bertz CT molecular complexity index is 1090. The largest absolute Gasteiger partial charge is 0.437 e. The molecule has 166 valence electrons. The maximum Gasteiger partial charge on any atom is 0.437 e. The van der Waals surface area contributed by atoms with Crippen molar-refractivity contribution >= 4 is 23.1 Å². The topological polar surface area (TPSA) is 101 Å². The molecule has 9 nitrogen and oxygen atoms in total. The number of nitrogens with one attached hydrogen (secondary N) is 3. The van der Waals surface area contributed by atoms with E-state index in [9.17, 15) is 18.0 Å². The highest BCUT2D eigenvalue weighted by atomic mass is 19.4. The molecule has 0 bridgehead atoms. The molecule has 0 aliphatic heterocycles. The molecule has 1 fully saturated rings. The van der Waals surface area contributed by atoms with Gasteiger partial charge >= 0.3 is 6.18 Å². The Morgan fingerprint density at radius 3 is 2.68 bits per heavy atom. The maximum atomic E-state index is 13.2. The van der Waals surface area contributed by atoms with E-state index in [4.69, 9.17) is 0 Å². The first-order valence-electron chi connectivity index (χ1n) is 9.96. The number of carbonyl (C=O) groups excluding carboxylic acids is 1. The molecule has 4 rings (SSSR count). The highest BCUT2D eigenvalue weighted by Gasteiger charge is 2.38. The average molecular weight is 436 g/mol. The van der Waals surface area contributed by atoms with Gasteiger partial charge in [-0.2, -0.15) is 23.4 Å². The number of hydrogen-bond donors (Lipinski definition) is 3. The fraction of sp³-hybridized carbons (Fsp3) is 0.474. The summed E-state index contributed by atoms with van der Waals surface area (Å²) in [6.07, 6.45) is 3.68. The third-order valence-electron chi connectivity index (χ3n) is 5.43. The average Bonchev–Trinajstić information content (AvgIpc) is 3.31. The molecule has 0 radical (unpaired) electrons. The highest BCUT2D eigenvalue weighted by molar-refractivity contribution is 6.08. The van der Waals surface area contributed by atoms with Gasteiger partial charge in [-0.05, 0) is 26.0 Å². The molecule has 0 unspecified atom stereocenters. The number of halogens is 3.